The van der Waals surface area contributed by atoms with Crippen molar-refractivity contribution in [2.75, 3.05) is 0 Å². The third-order valence-corrected chi connectivity index (χ3v) is 2.37. The Labute approximate surface area is 87.3 Å². The molecule has 0 aliphatic carbocycles. The Bertz CT molecular complexity index is 550. The number of aliphatic imine (C=N–C) groups is 1. The second-order valence-corrected chi connectivity index (χ2v) is 3.27. The number of carbonyl (C=O) groups excluding carboxylic acids is 1. The average Bonchev–Trinajstić information content (AvgIpc) is 2.58. The van der Waals surface area contributed by atoms with Crippen LogP contribution in [0.5, 0.6) is 0 Å². The van der Waals surface area contributed by atoms with E-state index in [4.69, 9.17) is 0 Å². The lowest BCUT2D eigenvalue weighted by molar-refractivity contribution is 0.565. The molecule has 0 atom stereocenters. The maximum atomic E-state index is 10.3. The first kappa shape index (κ1) is 9.62. The highest BCUT2D eigenvalue weighted by Crippen LogP contribution is 2.20. The van der Waals surface area contributed by atoms with Crippen LogP contribution in [0.15, 0.2) is 23.2 Å². The van der Waals surface area contributed by atoms with Gasteiger partial charge in [0.2, 0.25) is 6.08 Å². The number of isocyanates is 1. The molecule has 15 heavy (non-hydrogen) atoms. The van der Waals surface area contributed by atoms with Crippen LogP contribution < -0.4 is 0 Å². The Morgan fingerprint density at radius 3 is 3.00 bits per heavy atom. The molecular weight excluding hydrogens is 190 g/mol. The van der Waals surface area contributed by atoms with Crippen LogP contribution in [0.2, 0.25) is 0 Å². The van der Waals surface area contributed by atoms with Crippen LogP contribution in [-0.2, 0) is 11.2 Å². The zero-order valence-electron chi connectivity index (χ0n) is 8.69. The summed E-state index contributed by atoms with van der Waals surface area (Å²) < 4.78 is 1.89. The van der Waals surface area contributed by atoms with Crippen LogP contribution in [-0.4, -0.2) is 15.5 Å². The Hall–Kier alpha value is -1.93. The first-order valence-corrected chi connectivity index (χ1v) is 4.82. The van der Waals surface area contributed by atoms with Gasteiger partial charge in [-0.1, -0.05) is 13.0 Å². The fourth-order valence-electron chi connectivity index (χ4n) is 1.72. The van der Waals surface area contributed by atoms with Crippen molar-refractivity contribution in [2.45, 2.75) is 20.3 Å². The normalized spacial score (nSPS) is 10.3. The number of hydrogen-bond donors (Lipinski definition) is 0. The number of pyridine rings is 1. The van der Waals surface area contributed by atoms with Crippen LogP contribution in [0.25, 0.3) is 5.52 Å². The Kier molecular flexibility index (Phi) is 2.35. The summed E-state index contributed by atoms with van der Waals surface area (Å²) in [5, 5.41) is 0. The monoisotopic (exact) mass is 201 g/mol. The summed E-state index contributed by atoms with van der Waals surface area (Å²) in [5.41, 5.74) is 1.94. The third-order valence-electron chi connectivity index (χ3n) is 2.37. The zero-order valence-corrected chi connectivity index (χ0v) is 8.69. The van der Waals surface area contributed by atoms with Crippen molar-refractivity contribution in [3.8, 4) is 0 Å². The van der Waals surface area contributed by atoms with Crippen molar-refractivity contribution in [1.82, 2.24) is 9.38 Å². The molecule has 2 aromatic rings. The Morgan fingerprint density at radius 1 is 1.53 bits per heavy atom. The van der Waals surface area contributed by atoms with Gasteiger partial charge in [-0.25, -0.2) is 9.78 Å². The molecule has 0 bridgehead atoms. The Balaban J connectivity index is 2.87. The smallest absolute Gasteiger partial charge is 0.242 e. The summed E-state index contributed by atoms with van der Waals surface area (Å²) in [6, 6.07) is 5.60. The van der Waals surface area contributed by atoms with Gasteiger partial charge < -0.3 is 0 Å². The minimum Gasteiger partial charge on any atom is -0.280 e. The first-order chi connectivity index (χ1) is 7.27. The first-order valence-electron chi connectivity index (χ1n) is 4.82. The highest BCUT2D eigenvalue weighted by molar-refractivity contribution is 5.59. The molecule has 2 heterocycles. The number of rotatable bonds is 2. The molecule has 76 valence electrons. The summed E-state index contributed by atoms with van der Waals surface area (Å²) in [6.07, 6.45) is 2.37. The summed E-state index contributed by atoms with van der Waals surface area (Å²) in [4.78, 5) is 18.4. The van der Waals surface area contributed by atoms with Gasteiger partial charge in [0.05, 0.1) is 11.2 Å². The van der Waals surface area contributed by atoms with E-state index in [0.717, 1.165) is 23.5 Å². The van der Waals surface area contributed by atoms with Crippen LogP contribution in [0, 0.1) is 6.92 Å². The molecule has 0 aliphatic heterocycles. The predicted molar refractivity (Wildman–Crippen MR) is 57.1 cm³/mol. The predicted octanol–water partition coefficient (Wildman–Crippen LogP) is 2.17. The molecular formula is C11H11N3O. The number of aryl methyl sites for hydroxylation is 2. The van der Waals surface area contributed by atoms with E-state index in [2.05, 4.69) is 9.98 Å². The van der Waals surface area contributed by atoms with E-state index < -0.39 is 0 Å². The molecule has 4 heteroatoms. The number of nitrogens with zero attached hydrogens (tertiary/aromatic N) is 3. The molecule has 0 fully saturated rings. The van der Waals surface area contributed by atoms with Crippen LogP contribution >= 0.6 is 0 Å². The van der Waals surface area contributed by atoms with Crippen molar-refractivity contribution in [3.05, 3.63) is 29.7 Å². The van der Waals surface area contributed by atoms with Crippen molar-refractivity contribution >= 4 is 17.4 Å². The summed E-state index contributed by atoms with van der Waals surface area (Å²) in [6.45, 7) is 3.97. The largest absolute Gasteiger partial charge is 0.280 e. The molecule has 0 unspecified atom stereocenters. The SMILES string of the molecule is CCc1nc(C)c2cccc(N=C=O)n12. The highest BCUT2D eigenvalue weighted by Gasteiger charge is 2.08. The molecule has 0 saturated carbocycles. The van der Waals surface area contributed by atoms with Crippen molar-refractivity contribution in [2.24, 2.45) is 4.99 Å². The summed E-state index contributed by atoms with van der Waals surface area (Å²) in [7, 11) is 0. The van der Waals surface area contributed by atoms with Gasteiger partial charge in [0.15, 0.2) is 5.82 Å². The van der Waals surface area contributed by atoms with Crippen molar-refractivity contribution in [1.29, 1.82) is 0 Å². The summed E-state index contributed by atoms with van der Waals surface area (Å²) >= 11 is 0. The van der Waals surface area contributed by atoms with Gasteiger partial charge in [-0.2, -0.15) is 0 Å². The van der Waals surface area contributed by atoms with Gasteiger partial charge in [-0.15, -0.1) is 4.99 Å². The van der Waals surface area contributed by atoms with E-state index >= 15 is 0 Å². The van der Waals surface area contributed by atoms with Gasteiger partial charge in [0, 0.05) is 6.42 Å². The number of imidazole rings is 1. The van der Waals surface area contributed by atoms with Crippen LogP contribution in [0.4, 0.5) is 5.82 Å². The van der Waals surface area contributed by atoms with Gasteiger partial charge >= 0.3 is 0 Å². The van der Waals surface area contributed by atoms with Crippen molar-refractivity contribution in [3.63, 3.8) is 0 Å². The molecule has 0 spiro atoms. The van der Waals surface area contributed by atoms with Crippen LogP contribution in [0.3, 0.4) is 0 Å². The van der Waals surface area contributed by atoms with E-state index in [0.29, 0.717) is 5.82 Å². The van der Waals surface area contributed by atoms with Gasteiger partial charge in [0.1, 0.15) is 5.82 Å². The van der Waals surface area contributed by atoms with Gasteiger partial charge in [0.25, 0.3) is 0 Å². The molecule has 0 radical (unpaired) electrons. The maximum absolute atomic E-state index is 10.3. The fraction of sp³-hybridized carbons (Fsp3) is 0.273. The van der Waals surface area contributed by atoms with E-state index in [1.165, 1.54) is 0 Å². The topological polar surface area (TPSA) is 46.7 Å². The lowest BCUT2D eigenvalue weighted by atomic mass is 10.3. The molecule has 0 N–H and O–H groups in total. The average molecular weight is 201 g/mol. The fourth-order valence-corrected chi connectivity index (χ4v) is 1.72. The summed E-state index contributed by atoms with van der Waals surface area (Å²) in [5.74, 6) is 1.50. The molecule has 0 saturated heterocycles. The second kappa shape index (κ2) is 3.67. The van der Waals surface area contributed by atoms with Crippen molar-refractivity contribution < 1.29 is 4.79 Å². The zero-order chi connectivity index (χ0) is 10.8. The quantitative estimate of drug-likeness (QED) is 0.552. The lowest BCUT2D eigenvalue weighted by Gasteiger charge is -2.01. The van der Waals surface area contributed by atoms with E-state index in [9.17, 15) is 4.79 Å². The molecule has 0 amide bonds. The van der Waals surface area contributed by atoms with E-state index in [1.54, 1.807) is 12.1 Å². The van der Waals surface area contributed by atoms with E-state index in [1.807, 2.05) is 30.4 Å². The minimum absolute atomic E-state index is 0.583. The maximum Gasteiger partial charge on any atom is 0.242 e. The number of fused-ring (bicyclic) bond motifs is 1. The molecule has 0 aromatic carbocycles. The van der Waals surface area contributed by atoms with E-state index in [-0.39, 0.29) is 0 Å². The third kappa shape index (κ3) is 1.45. The highest BCUT2D eigenvalue weighted by atomic mass is 16.1. The standard InChI is InChI=1S/C11H11N3O/c1-3-10-13-8(2)9-5-4-6-11(12-7-15)14(9)10/h4-6H,3H2,1-2H3. The van der Waals surface area contributed by atoms with Gasteiger partial charge in [-0.05, 0) is 19.1 Å². The van der Waals surface area contributed by atoms with Crippen LogP contribution in [0.1, 0.15) is 18.4 Å². The minimum atomic E-state index is 0.583. The Morgan fingerprint density at radius 2 is 2.33 bits per heavy atom. The molecule has 4 nitrogen and oxygen atoms in total. The molecule has 2 rings (SSSR count). The number of aromatic nitrogens is 2. The molecule has 0 aliphatic rings. The number of hydrogen-bond acceptors (Lipinski definition) is 3. The van der Waals surface area contributed by atoms with Gasteiger partial charge in [-0.3, -0.25) is 4.40 Å². The molecule has 2 aromatic heterocycles. The lowest BCUT2D eigenvalue weighted by Crippen LogP contribution is -1.92. The second-order valence-electron chi connectivity index (χ2n) is 3.27.